The molecule has 1 rings (SSSR count). The van der Waals surface area contributed by atoms with Crippen LogP contribution < -0.4 is 5.32 Å². The number of rotatable bonds is 5. The van der Waals surface area contributed by atoms with Crippen LogP contribution in [0.4, 0.5) is 0 Å². The second-order valence-corrected chi connectivity index (χ2v) is 5.30. The molecule has 0 aromatic carbocycles. The number of aromatic nitrogens is 1. The van der Waals surface area contributed by atoms with Crippen molar-refractivity contribution in [2.45, 2.75) is 52.1 Å². The minimum atomic E-state index is 0.208. The van der Waals surface area contributed by atoms with Crippen molar-refractivity contribution in [2.75, 3.05) is 0 Å². The highest BCUT2D eigenvalue weighted by Gasteiger charge is 2.20. The molecule has 1 unspecified atom stereocenters. The van der Waals surface area contributed by atoms with Gasteiger partial charge in [0.05, 0.1) is 6.04 Å². The van der Waals surface area contributed by atoms with Crippen LogP contribution in [-0.4, -0.2) is 10.5 Å². The quantitative estimate of drug-likeness (QED) is 0.809. The standard InChI is InChI=1S/C11H20N2S/c1-5-6-11(3,4)13-9(2)10-12-7-8-14-10/h7-9,13H,5-6H2,1-4H3. The van der Waals surface area contributed by atoms with Gasteiger partial charge in [-0.1, -0.05) is 13.3 Å². The Kier molecular flexibility index (Phi) is 4.08. The monoisotopic (exact) mass is 212 g/mol. The van der Waals surface area contributed by atoms with Crippen molar-refractivity contribution in [3.63, 3.8) is 0 Å². The first kappa shape index (κ1) is 11.7. The molecule has 0 saturated carbocycles. The Morgan fingerprint density at radius 2 is 2.29 bits per heavy atom. The largest absolute Gasteiger partial charge is 0.303 e. The van der Waals surface area contributed by atoms with Crippen LogP contribution in [0.5, 0.6) is 0 Å². The second-order valence-electron chi connectivity index (χ2n) is 4.37. The molecule has 1 atom stereocenters. The molecule has 3 heteroatoms. The van der Waals surface area contributed by atoms with E-state index in [0.29, 0.717) is 6.04 Å². The van der Waals surface area contributed by atoms with E-state index in [9.17, 15) is 0 Å². The Morgan fingerprint density at radius 3 is 2.79 bits per heavy atom. The summed E-state index contributed by atoms with van der Waals surface area (Å²) >= 11 is 1.72. The number of hydrogen-bond donors (Lipinski definition) is 1. The van der Waals surface area contributed by atoms with Gasteiger partial charge in [-0.05, 0) is 27.2 Å². The number of nitrogens with one attached hydrogen (secondary N) is 1. The van der Waals surface area contributed by atoms with E-state index in [-0.39, 0.29) is 5.54 Å². The summed E-state index contributed by atoms with van der Waals surface area (Å²) in [5.74, 6) is 0. The summed E-state index contributed by atoms with van der Waals surface area (Å²) in [6.07, 6.45) is 4.28. The van der Waals surface area contributed by atoms with Gasteiger partial charge in [0.15, 0.2) is 0 Å². The predicted molar refractivity (Wildman–Crippen MR) is 62.7 cm³/mol. The first-order chi connectivity index (χ1) is 6.55. The maximum absolute atomic E-state index is 4.32. The minimum Gasteiger partial charge on any atom is -0.303 e. The maximum atomic E-state index is 4.32. The first-order valence-electron chi connectivity index (χ1n) is 5.22. The van der Waals surface area contributed by atoms with Crippen molar-refractivity contribution in [3.05, 3.63) is 16.6 Å². The Balaban J connectivity index is 2.52. The lowest BCUT2D eigenvalue weighted by molar-refractivity contribution is 0.323. The van der Waals surface area contributed by atoms with E-state index in [0.717, 1.165) is 0 Å². The average molecular weight is 212 g/mol. The molecule has 0 fully saturated rings. The van der Waals surface area contributed by atoms with Gasteiger partial charge >= 0.3 is 0 Å². The highest BCUT2D eigenvalue weighted by molar-refractivity contribution is 7.09. The van der Waals surface area contributed by atoms with Crippen molar-refractivity contribution in [1.29, 1.82) is 0 Å². The molecular formula is C11H20N2S. The van der Waals surface area contributed by atoms with Crippen LogP contribution in [0.2, 0.25) is 0 Å². The third kappa shape index (κ3) is 3.39. The Bertz CT molecular complexity index is 254. The van der Waals surface area contributed by atoms with Crippen LogP contribution in [0.3, 0.4) is 0 Å². The summed E-state index contributed by atoms with van der Waals surface area (Å²) in [4.78, 5) is 4.32. The molecule has 0 aliphatic carbocycles. The van der Waals surface area contributed by atoms with Crippen LogP contribution in [0, 0.1) is 0 Å². The third-order valence-electron chi connectivity index (χ3n) is 2.30. The van der Waals surface area contributed by atoms with Gasteiger partial charge in [-0.25, -0.2) is 4.98 Å². The SMILES string of the molecule is CCCC(C)(C)NC(C)c1nccs1. The van der Waals surface area contributed by atoms with Crippen molar-refractivity contribution in [2.24, 2.45) is 0 Å². The Labute approximate surface area is 90.8 Å². The molecule has 14 heavy (non-hydrogen) atoms. The van der Waals surface area contributed by atoms with Crippen LogP contribution >= 0.6 is 11.3 Å². The normalized spacial score (nSPS) is 14.3. The fraction of sp³-hybridized carbons (Fsp3) is 0.727. The van der Waals surface area contributed by atoms with Gasteiger partial charge in [0, 0.05) is 17.1 Å². The maximum Gasteiger partial charge on any atom is 0.109 e. The summed E-state index contributed by atoms with van der Waals surface area (Å²) < 4.78 is 0. The summed E-state index contributed by atoms with van der Waals surface area (Å²) in [6, 6.07) is 0.358. The fourth-order valence-corrected chi connectivity index (χ4v) is 2.44. The number of nitrogens with zero attached hydrogens (tertiary/aromatic N) is 1. The summed E-state index contributed by atoms with van der Waals surface area (Å²) in [7, 11) is 0. The molecule has 1 N–H and O–H groups in total. The molecule has 0 saturated heterocycles. The molecule has 1 aromatic rings. The average Bonchev–Trinajstić information content (AvgIpc) is 2.53. The van der Waals surface area contributed by atoms with E-state index >= 15 is 0 Å². The summed E-state index contributed by atoms with van der Waals surface area (Å²) in [5.41, 5.74) is 0.208. The van der Waals surface area contributed by atoms with E-state index in [1.54, 1.807) is 11.3 Å². The van der Waals surface area contributed by atoms with Crippen molar-refractivity contribution in [3.8, 4) is 0 Å². The molecule has 0 amide bonds. The minimum absolute atomic E-state index is 0.208. The van der Waals surface area contributed by atoms with Crippen molar-refractivity contribution in [1.82, 2.24) is 10.3 Å². The zero-order valence-electron chi connectivity index (χ0n) is 9.50. The molecule has 1 heterocycles. The zero-order chi connectivity index (χ0) is 10.6. The van der Waals surface area contributed by atoms with Gasteiger partial charge in [0.1, 0.15) is 5.01 Å². The molecule has 0 spiro atoms. The molecule has 0 bridgehead atoms. The lowest BCUT2D eigenvalue weighted by Crippen LogP contribution is -2.40. The molecule has 0 aliphatic heterocycles. The number of thiazole rings is 1. The third-order valence-corrected chi connectivity index (χ3v) is 3.26. The van der Waals surface area contributed by atoms with E-state index in [2.05, 4.69) is 38.0 Å². The topological polar surface area (TPSA) is 24.9 Å². The van der Waals surface area contributed by atoms with E-state index in [1.807, 2.05) is 11.6 Å². The molecule has 1 aromatic heterocycles. The van der Waals surface area contributed by atoms with Gasteiger partial charge in [-0.15, -0.1) is 11.3 Å². The molecule has 0 radical (unpaired) electrons. The lowest BCUT2D eigenvalue weighted by atomic mass is 9.98. The Hall–Kier alpha value is -0.410. The van der Waals surface area contributed by atoms with Gasteiger partial charge < -0.3 is 5.32 Å². The zero-order valence-corrected chi connectivity index (χ0v) is 10.3. The molecule has 80 valence electrons. The van der Waals surface area contributed by atoms with Crippen molar-refractivity contribution >= 4 is 11.3 Å². The van der Waals surface area contributed by atoms with Gasteiger partial charge in [-0.2, -0.15) is 0 Å². The first-order valence-corrected chi connectivity index (χ1v) is 6.10. The van der Waals surface area contributed by atoms with E-state index < -0.39 is 0 Å². The van der Waals surface area contributed by atoms with Gasteiger partial charge in [0.25, 0.3) is 0 Å². The van der Waals surface area contributed by atoms with Crippen LogP contribution in [0.25, 0.3) is 0 Å². The highest BCUT2D eigenvalue weighted by atomic mass is 32.1. The lowest BCUT2D eigenvalue weighted by Gasteiger charge is -2.29. The van der Waals surface area contributed by atoms with Crippen molar-refractivity contribution < 1.29 is 0 Å². The fourth-order valence-electron chi connectivity index (χ4n) is 1.79. The van der Waals surface area contributed by atoms with Crippen LogP contribution in [0.1, 0.15) is 51.6 Å². The van der Waals surface area contributed by atoms with Gasteiger partial charge in [0.2, 0.25) is 0 Å². The predicted octanol–water partition coefficient (Wildman–Crippen LogP) is 3.37. The number of hydrogen-bond acceptors (Lipinski definition) is 3. The molecule has 2 nitrogen and oxygen atoms in total. The Morgan fingerprint density at radius 1 is 1.57 bits per heavy atom. The van der Waals surface area contributed by atoms with Gasteiger partial charge in [-0.3, -0.25) is 0 Å². The van der Waals surface area contributed by atoms with E-state index in [1.165, 1.54) is 17.8 Å². The second kappa shape index (κ2) is 4.89. The van der Waals surface area contributed by atoms with Crippen LogP contribution in [-0.2, 0) is 0 Å². The smallest absolute Gasteiger partial charge is 0.109 e. The molecule has 0 aliphatic rings. The van der Waals surface area contributed by atoms with E-state index in [4.69, 9.17) is 0 Å². The summed E-state index contributed by atoms with van der Waals surface area (Å²) in [6.45, 7) is 8.90. The summed E-state index contributed by atoms with van der Waals surface area (Å²) in [5, 5.41) is 6.81. The molecular weight excluding hydrogens is 192 g/mol. The highest BCUT2D eigenvalue weighted by Crippen LogP contribution is 2.20. The van der Waals surface area contributed by atoms with Crippen LogP contribution in [0.15, 0.2) is 11.6 Å².